The minimum atomic E-state index is -3.79. The molecule has 0 aliphatic heterocycles. The second-order valence-corrected chi connectivity index (χ2v) is 6.88. The molecule has 0 saturated carbocycles. The van der Waals surface area contributed by atoms with E-state index in [0.29, 0.717) is 11.1 Å². The minimum absolute atomic E-state index is 0.0103. The van der Waals surface area contributed by atoms with Crippen LogP contribution in [0.15, 0.2) is 54.6 Å². The number of phenols is 1. The van der Waals surface area contributed by atoms with Gasteiger partial charge in [-0.15, -0.1) is 0 Å². The number of nitrogens with one attached hydrogen (secondary N) is 1. The third-order valence-electron chi connectivity index (χ3n) is 3.20. The van der Waals surface area contributed by atoms with E-state index in [1.807, 2.05) is 0 Å². The van der Waals surface area contributed by atoms with E-state index in [2.05, 4.69) is 4.72 Å². The summed E-state index contributed by atoms with van der Waals surface area (Å²) in [5.41, 5.74) is 1.19. The lowest BCUT2D eigenvalue weighted by atomic mass is 10.1. The summed E-state index contributed by atoms with van der Waals surface area (Å²) in [4.78, 5) is 11.3. The first kappa shape index (κ1) is 17.0. The Morgan fingerprint density at radius 2 is 1.61 bits per heavy atom. The summed E-state index contributed by atoms with van der Waals surface area (Å²) in [5, 5.41) is 18.5. The summed E-state index contributed by atoms with van der Waals surface area (Å²) in [5.74, 6) is -1.48. The Balaban J connectivity index is 2.09. The molecule has 0 saturated heterocycles. The molecule has 0 amide bonds. The molecule has 0 aliphatic rings. The predicted molar refractivity (Wildman–Crippen MR) is 85.4 cm³/mol. The van der Waals surface area contributed by atoms with Crippen LogP contribution in [0.25, 0.3) is 0 Å². The van der Waals surface area contributed by atoms with E-state index >= 15 is 0 Å². The Morgan fingerprint density at radius 3 is 2.17 bits per heavy atom. The lowest BCUT2D eigenvalue weighted by molar-refractivity contribution is -0.138. The number of phenolic OH excluding ortho intramolecular Hbond substituents is 1. The SMILES string of the molecule is O=C(O)C(Cc1ccc(O)cc1)NS(=O)(=O)Cc1ccccc1. The van der Waals surface area contributed by atoms with Crippen LogP contribution in [-0.2, 0) is 27.0 Å². The van der Waals surface area contributed by atoms with Crippen molar-refractivity contribution in [3.63, 3.8) is 0 Å². The molecule has 2 aromatic carbocycles. The van der Waals surface area contributed by atoms with Gasteiger partial charge in [0.2, 0.25) is 10.0 Å². The second-order valence-electron chi connectivity index (χ2n) is 5.12. The summed E-state index contributed by atoms with van der Waals surface area (Å²) in [7, 11) is -3.79. The predicted octanol–water partition coefficient (Wildman–Crippen LogP) is 1.51. The molecular weight excluding hydrogens is 318 g/mol. The molecule has 122 valence electrons. The van der Waals surface area contributed by atoms with Crippen molar-refractivity contribution in [2.45, 2.75) is 18.2 Å². The summed E-state index contributed by atoms with van der Waals surface area (Å²) in [6, 6.07) is 13.2. The third-order valence-corrected chi connectivity index (χ3v) is 4.55. The molecule has 0 spiro atoms. The number of carboxylic acids is 1. The van der Waals surface area contributed by atoms with E-state index in [1.54, 1.807) is 42.5 Å². The topological polar surface area (TPSA) is 104 Å². The van der Waals surface area contributed by atoms with Crippen LogP contribution in [0.3, 0.4) is 0 Å². The molecule has 2 aromatic rings. The zero-order chi connectivity index (χ0) is 16.9. The normalized spacial score (nSPS) is 12.7. The van der Waals surface area contributed by atoms with Crippen molar-refractivity contribution in [3.8, 4) is 5.75 Å². The third kappa shape index (κ3) is 5.39. The zero-order valence-corrected chi connectivity index (χ0v) is 13.0. The molecule has 6 nitrogen and oxygen atoms in total. The number of aliphatic carboxylic acids is 1. The lowest BCUT2D eigenvalue weighted by Crippen LogP contribution is -2.42. The van der Waals surface area contributed by atoms with Crippen LogP contribution in [0, 0.1) is 0 Å². The van der Waals surface area contributed by atoms with Gasteiger partial charge in [0.05, 0.1) is 5.75 Å². The summed E-state index contributed by atoms with van der Waals surface area (Å²) in [6.07, 6.45) is -0.0103. The van der Waals surface area contributed by atoms with Gasteiger partial charge in [-0.2, -0.15) is 0 Å². The van der Waals surface area contributed by atoms with Crippen molar-refractivity contribution in [2.24, 2.45) is 0 Å². The number of hydrogen-bond acceptors (Lipinski definition) is 4. The number of carbonyl (C=O) groups is 1. The first-order chi connectivity index (χ1) is 10.9. The van der Waals surface area contributed by atoms with Crippen LogP contribution in [0.4, 0.5) is 0 Å². The lowest BCUT2D eigenvalue weighted by Gasteiger charge is -2.15. The van der Waals surface area contributed by atoms with Gasteiger partial charge in [0.15, 0.2) is 0 Å². The highest BCUT2D eigenvalue weighted by Crippen LogP contribution is 2.12. The van der Waals surface area contributed by atoms with Gasteiger partial charge in [-0.25, -0.2) is 13.1 Å². The molecule has 1 atom stereocenters. The van der Waals surface area contributed by atoms with Crippen LogP contribution in [0.5, 0.6) is 5.75 Å². The molecule has 0 fully saturated rings. The van der Waals surface area contributed by atoms with Crippen molar-refractivity contribution in [2.75, 3.05) is 0 Å². The minimum Gasteiger partial charge on any atom is -0.508 e. The van der Waals surface area contributed by atoms with Crippen LogP contribution in [0.2, 0.25) is 0 Å². The van der Waals surface area contributed by atoms with E-state index in [4.69, 9.17) is 0 Å². The van der Waals surface area contributed by atoms with E-state index in [0.717, 1.165) is 0 Å². The van der Waals surface area contributed by atoms with E-state index in [9.17, 15) is 23.4 Å². The van der Waals surface area contributed by atoms with Gasteiger partial charge in [-0.1, -0.05) is 42.5 Å². The summed E-state index contributed by atoms with van der Waals surface area (Å²) < 4.78 is 26.5. The van der Waals surface area contributed by atoms with Gasteiger partial charge in [0.1, 0.15) is 11.8 Å². The van der Waals surface area contributed by atoms with Crippen molar-refractivity contribution in [1.82, 2.24) is 4.72 Å². The van der Waals surface area contributed by atoms with Crippen molar-refractivity contribution in [1.29, 1.82) is 0 Å². The Morgan fingerprint density at radius 1 is 1.00 bits per heavy atom. The van der Waals surface area contributed by atoms with Crippen LogP contribution >= 0.6 is 0 Å². The number of aromatic hydroxyl groups is 1. The molecule has 23 heavy (non-hydrogen) atoms. The molecule has 3 N–H and O–H groups in total. The highest BCUT2D eigenvalue weighted by Gasteiger charge is 2.24. The number of carboxylic acid groups (broad SMARTS) is 1. The van der Waals surface area contributed by atoms with Crippen LogP contribution in [0.1, 0.15) is 11.1 Å². The van der Waals surface area contributed by atoms with Crippen molar-refractivity contribution >= 4 is 16.0 Å². The maximum atomic E-state index is 12.1. The van der Waals surface area contributed by atoms with Crippen molar-refractivity contribution in [3.05, 3.63) is 65.7 Å². The summed E-state index contributed by atoms with van der Waals surface area (Å²) in [6.45, 7) is 0. The molecule has 0 radical (unpaired) electrons. The van der Waals surface area contributed by atoms with E-state index in [-0.39, 0.29) is 17.9 Å². The average Bonchev–Trinajstić information content (AvgIpc) is 2.49. The highest BCUT2D eigenvalue weighted by atomic mass is 32.2. The number of sulfonamides is 1. The van der Waals surface area contributed by atoms with Crippen LogP contribution < -0.4 is 4.72 Å². The summed E-state index contributed by atoms with van der Waals surface area (Å²) >= 11 is 0. The Labute approximate surface area is 134 Å². The maximum absolute atomic E-state index is 12.1. The average molecular weight is 335 g/mol. The first-order valence-electron chi connectivity index (χ1n) is 6.90. The Bertz CT molecular complexity index is 757. The molecule has 2 rings (SSSR count). The molecule has 0 heterocycles. The van der Waals surface area contributed by atoms with Gasteiger partial charge in [0.25, 0.3) is 0 Å². The standard InChI is InChI=1S/C16H17NO5S/c18-14-8-6-12(7-9-14)10-15(16(19)20)17-23(21,22)11-13-4-2-1-3-5-13/h1-9,15,17-18H,10-11H2,(H,19,20). The van der Waals surface area contributed by atoms with E-state index in [1.165, 1.54) is 12.1 Å². The number of hydrogen-bond donors (Lipinski definition) is 3. The molecule has 1 unspecified atom stereocenters. The molecule has 0 aromatic heterocycles. The Hall–Kier alpha value is -2.38. The first-order valence-corrected chi connectivity index (χ1v) is 8.55. The number of rotatable bonds is 7. The molecular formula is C16H17NO5S. The zero-order valence-electron chi connectivity index (χ0n) is 12.2. The second kappa shape index (κ2) is 7.26. The molecule has 7 heteroatoms. The highest BCUT2D eigenvalue weighted by molar-refractivity contribution is 7.88. The quantitative estimate of drug-likeness (QED) is 0.711. The molecule has 0 bridgehead atoms. The monoisotopic (exact) mass is 335 g/mol. The van der Waals surface area contributed by atoms with Crippen molar-refractivity contribution < 1.29 is 23.4 Å². The fraction of sp³-hybridized carbons (Fsp3) is 0.188. The van der Waals surface area contributed by atoms with Gasteiger partial charge < -0.3 is 10.2 Å². The maximum Gasteiger partial charge on any atom is 0.322 e. The Kier molecular flexibility index (Phi) is 5.36. The largest absolute Gasteiger partial charge is 0.508 e. The fourth-order valence-corrected chi connectivity index (χ4v) is 3.43. The molecule has 0 aliphatic carbocycles. The van der Waals surface area contributed by atoms with E-state index < -0.39 is 22.0 Å². The van der Waals surface area contributed by atoms with Gasteiger partial charge in [-0.3, -0.25) is 4.79 Å². The smallest absolute Gasteiger partial charge is 0.322 e. The number of benzene rings is 2. The van der Waals surface area contributed by atoms with Gasteiger partial charge in [-0.05, 0) is 29.7 Å². The fourth-order valence-electron chi connectivity index (χ4n) is 2.10. The van der Waals surface area contributed by atoms with Gasteiger partial charge >= 0.3 is 5.97 Å². The van der Waals surface area contributed by atoms with Gasteiger partial charge in [0, 0.05) is 0 Å². The van der Waals surface area contributed by atoms with Crippen LogP contribution in [-0.4, -0.2) is 30.6 Å².